The van der Waals surface area contributed by atoms with E-state index in [0.29, 0.717) is 0 Å². The highest BCUT2D eigenvalue weighted by Crippen LogP contribution is 2.24. The van der Waals surface area contributed by atoms with Crippen molar-refractivity contribution in [1.82, 2.24) is 0 Å². The van der Waals surface area contributed by atoms with Crippen LogP contribution in [0.4, 0.5) is 5.69 Å². The van der Waals surface area contributed by atoms with Crippen LogP contribution in [0.3, 0.4) is 0 Å². The van der Waals surface area contributed by atoms with E-state index in [2.05, 4.69) is 9.50 Å². The van der Waals surface area contributed by atoms with E-state index in [9.17, 15) is 18.0 Å². The average Bonchev–Trinajstić information content (AvgIpc) is 2.46. The van der Waals surface area contributed by atoms with Crippen molar-refractivity contribution in [2.75, 3.05) is 19.5 Å². The molecule has 1 unspecified atom stereocenters. The summed E-state index contributed by atoms with van der Waals surface area (Å²) in [7, 11) is -1.75. The third-order valence-electron chi connectivity index (χ3n) is 3.14. The molecule has 21 heavy (non-hydrogen) atoms. The van der Waals surface area contributed by atoms with Crippen LogP contribution in [-0.4, -0.2) is 39.9 Å². The highest BCUT2D eigenvalue weighted by Gasteiger charge is 2.39. The van der Waals surface area contributed by atoms with Crippen molar-refractivity contribution in [2.24, 2.45) is 0 Å². The number of hydrogen-bond donors (Lipinski definition) is 1. The molecule has 1 rings (SSSR count). The molecular formula is C13H17NO6S. The summed E-state index contributed by atoms with van der Waals surface area (Å²) < 4.78 is 32.9. The fourth-order valence-electron chi connectivity index (χ4n) is 1.52. The van der Waals surface area contributed by atoms with Gasteiger partial charge in [-0.15, -0.1) is 0 Å². The van der Waals surface area contributed by atoms with Gasteiger partial charge in [-0.2, -0.15) is 8.42 Å². The van der Waals surface area contributed by atoms with E-state index < -0.39 is 27.4 Å². The van der Waals surface area contributed by atoms with Gasteiger partial charge in [0.1, 0.15) is 4.90 Å². The minimum absolute atomic E-state index is 0.00822. The van der Waals surface area contributed by atoms with E-state index in [1.807, 2.05) is 0 Å². The molecule has 1 aromatic carbocycles. The maximum absolute atomic E-state index is 12.2. The molecule has 0 spiro atoms. The van der Waals surface area contributed by atoms with Gasteiger partial charge < -0.3 is 10.1 Å². The van der Waals surface area contributed by atoms with Gasteiger partial charge in [0.25, 0.3) is 16.0 Å². The predicted molar refractivity (Wildman–Crippen MR) is 75.4 cm³/mol. The van der Waals surface area contributed by atoms with Crippen molar-refractivity contribution in [1.29, 1.82) is 0 Å². The summed E-state index contributed by atoms with van der Waals surface area (Å²) in [6.07, 6.45) is 0. The third-order valence-corrected chi connectivity index (χ3v) is 4.47. The van der Waals surface area contributed by atoms with E-state index in [-0.39, 0.29) is 10.6 Å². The molecule has 1 aromatic rings. The van der Waals surface area contributed by atoms with Crippen LogP contribution in [0, 0.1) is 0 Å². The Bertz CT molecular complexity index is 654. The molecule has 0 radical (unpaired) electrons. The van der Waals surface area contributed by atoms with E-state index in [4.69, 9.17) is 4.74 Å². The first-order valence-corrected chi connectivity index (χ1v) is 7.37. The third kappa shape index (κ3) is 3.46. The SMILES string of the molecule is COC(C)(C(C)=O)C(=O)Nc1ccccc1S(=O)(=O)OC. The summed E-state index contributed by atoms with van der Waals surface area (Å²) >= 11 is 0. The molecule has 0 aliphatic carbocycles. The normalized spacial score (nSPS) is 14.3. The molecule has 0 saturated carbocycles. The standard InChI is InChI=1S/C13H17NO6S/c1-9(15)13(2,19-3)12(16)14-10-7-5-6-8-11(10)21(17,18)20-4/h5-8H,1-4H3,(H,14,16). The molecule has 0 fully saturated rings. The van der Waals surface area contributed by atoms with Crippen LogP contribution in [0.1, 0.15) is 13.8 Å². The zero-order chi connectivity index (χ0) is 16.3. The Labute approximate surface area is 123 Å². The fourth-order valence-corrected chi connectivity index (χ4v) is 2.33. The molecule has 7 nitrogen and oxygen atoms in total. The molecule has 0 saturated heterocycles. The monoisotopic (exact) mass is 315 g/mol. The van der Waals surface area contributed by atoms with Crippen molar-refractivity contribution in [3.63, 3.8) is 0 Å². The van der Waals surface area contributed by atoms with Gasteiger partial charge in [-0.3, -0.25) is 13.8 Å². The zero-order valence-corrected chi connectivity index (χ0v) is 13.0. The number of ketones is 1. The van der Waals surface area contributed by atoms with Crippen molar-refractivity contribution in [3.8, 4) is 0 Å². The lowest BCUT2D eigenvalue weighted by Crippen LogP contribution is -2.47. The van der Waals surface area contributed by atoms with Crippen LogP contribution in [0.2, 0.25) is 0 Å². The van der Waals surface area contributed by atoms with Crippen molar-refractivity contribution < 1.29 is 26.9 Å². The van der Waals surface area contributed by atoms with Crippen LogP contribution < -0.4 is 5.32 Å². The lowest BCUT2D eigenvalue weighted by Gasteiger charge is -2.24. The van der Waals surface area contributed by atoms with E-state index >= 15 is 0 Å². The molecule has 0 aromatic heterocycles. The van der Waals surface area contributed by atoms with E-state index in [0.717, 1.165) is 7.11 Å². The summed E-state index contributed by atoms with van der Waals surface area (Å²) in [6, 6.07) is 5.70. The Morgan fingerprint density at radius 3 is 2.24 bits per heavy atom. The summed E-state index contributed by atoms with van der Waals surface area (Å²) in [5, 5.41) is 2.38. The molecule has 0 aliphatic heterocycles. The maximum atomic E-state index is 12.2. The van der Waals surface area contributed by atoms with Crippen LogP contribution in [0.25, 0.3) is 0 Å². The fraction of sp³-hybridized carbons (Fsp3) is 0.385. The van der Waals surface area contributed by atoms with Gasteiger partial charge in [0.05, 0.1) is 12.8 Å². The molecule has 1 amide bonds. The topological polar surface area (TPSA) is 98.8 Å². The molecule has 8 heteroatoms. The molecular weight excluding hydrogens is 298 g/mol. The van der Waals surface area contributed by atoms with E-state index in [1.54, 1.807) is 6.07 Å². The van der Waals surface area contributed by atoms with Gasteiger partial charge in [0, 0.05) is 7.11 Å². The number of rotatable bonds is 6. The van der Waals surface area contributed by atoms with Crippen LogP contribution in [0.15, 0.2) is 29.2 Å². The average molecular weight is 315 g/mol. The first-order valence-electron chi connectivity index (χ1n) is 5.96. The number of amides is 1. The molecule has 0 bridgehead atoms. The van der Waals surface area contributed by atoms with Gasteiger partial charge in [0.2, 0.25) is 5.60 Å². The Balaban J connectivity index is 3.22. The largest absolute Gasteiger partial charge is 0.361 e. The van der Waals surface area contributed by atoms with Gasteiger partial charge >= 0.3 is 0 Å². The van der Waals surface area contributed by atoms with Gasteiger partial charge in [-0.05, 0) is 26.0 Å². The summed E-state index contributed by atoms with van der Waals surface area (Å²) in [4.78, 5) is 23.5. The number of hydrogen-bond acceptors (Lipinski definition) is 6. The molecule has 1 atom stereocenters. The first-order chi connectivity index (χ1) is 9.69. The lowest BCUT2D eigenvalue weighted by atomic mass is 10.0. The Morgan fingerprint density at radius 2 is 1.76 bits per heavy atom. The van der Waals surface area contributed by atoms with E-state index in [1.165, 1.54) is 39.2 Å². The number of methoxy groups -OCH3 is 1. The maximum Gasteiger partial charge on any atom is 0.298 e. The van der Waals surface area contributed by atoms with Crippen LogP contribution in [0.5, 0.6) is 0 Å². The molecule has 116 valence electrons. The second-order valence-corrected chi connectivity index (χ2v) is 6.05. The highest BCUT2D eigenvalue weighted by molar-refractivity contribution is 7.87. The van der Waals surface area contributed by atoms with Crippen molar-refractivity contribution >= 4 is 27.5 Å². The Kier molecular flexibility index (Phi) is 5.21. The number of ether oxygens (including phenoxy) is 1. The minimum atomic E-state index is -3.99. The highest BCUT2D eigenvalue weighted by atomic mass is 32.2. The second-order valence-electron chi connectivity index (χ2n) is 4.36. The van der Waals surface area contributed by atoms with Crippen LogP contribution >= 0.6 is 0 Å². The number of Topliss-reactive ketones (excluding diaryl/α,β-unsaturated/α-hetero) is 1. The Morgan fingerprint density at radius 1 is 1.19 bits per heavy atom. The summed E-state index contributed by atoms with van der Waals surface area (Å²) in [5.74, 6) is -1.27. The molecule has 0 heterocycles. The quantitative estimate of drug-likeness (QED) is 0.620. The number of benzene rings is 1. The van der Waals surface area contributed by atoms with Gasteiger partial charge in [-0.25, -0.2) is 0 Å². The minimum Gasteiger partial charge on any atom is -0.361 e. The van der Waals surface area contributed by atoms with Gasteiger partial charge in [-0.1, -0.05) is 12.1 Å². The van der Waals surface area contributed by atoms with Crippen molar-refractivity contribution in [3.05, 3.63) is 24.3 Å². The first kappa shape index (κ1) is 17.3. The summed E-state index contributed by atoms with van der Waals surface area (Å²) in [6.45, 7) is 2.51. The Hall–Kier alpha value is -1.77. The summed E-state index contributed by atoms with van der Waals surface area (Å²) in [5.41, 5.74) is -1.70. The van der Waals surface area contributed by atoms with Gasteiger partial charge in [0.15, 0.2) is 5.78 Å². The number of nitrogens with one attached hydrogen (secondary N) is 1. The second kappa shape index (κ2) is 6.33. The van der Waals surface area contributed by atoms with Crippen molar-refractivity contribution in [2.45, 2.75) is 24.3 Å². The number of anilines is 1. The van der Waals surface area contributed by atoms with Crippen LogP contribution in [-0.2, 0) is 28.6 Å². The lowest BCUT2D eigenvalue weighted by molar-refractivity contribution is -0.149. The molecule has 1 N–H and O–H groups in total. The number of carbonyl (C=O) groups is 2. The number of para-hydroxylation sites is 1. The smallest absolute Gasteiger partial charge is 0.298 e. The zero-order valence-electron chi connectivity index (χ0n) is 12.2. The molecule has 0 aliphatic rings. The number of carbonyl (C=O) groups excluding carboxylic acids is 2. The predicted octanol–water partition coefficient (Wildman–Crippen LogP) is 0.954.